The van der Waals surface area contributed by atoms with Crippen molar-refractivity contribution in [3.8, 4) is 0 Å². The molecule has 0 aromatic heterocycles. The van der Waals surface area contributed by atoms with Crippen LogP contribution >= 0.6 is 0 Å². The van der Waals surface area contributed by atoms with Crippen molar-refractivity contribution in [2.45, 2.75) is 45.1 Å². The first kappa shape index (κ1) is 15.2. The average Bonchev–Trinajstić information content (AvgIpc) is 2.25. The summed E-state index contributed by atoms with van der Waals surface area (Å²) in [6, 6.07) is 0. The van der Waals surface area contributed by atoms with Gasteiger partial charge < -0.3 is 19.5 Å². The lowest BCUT2D eigenvalue weighted by molar-refractivity contribution is -0.0588. The summed E-state index contributed by atoms with van der Waals surface area (Å²) in [5.74, 6) is 0. The van der Waals surface area contributed by atoms with Crippen LogP contribution in [0.25, 0.3) is 0 Å². The average molecular weight is 263 g/mol. The molecule has 1 N–H and O–H groups in total. The van der Waals surface area contributed by atoms with E-state index in [9.17, 15) is 9.18 Å². The summed E-state index contributed by atoms with van der Waals surface area (Å²) < 4.78 is 24.1. The summed E-state index contributed by atoms with van der Waals surface area (Å²) in [5.41, 5.74) is -0.576. The Morgan fingerprint density at radius 1 is 1.50 bits per heavy atom. The van der Waals surface area contributed by atoms with Gasteiger partial charge in [0.05, 0.1) is 25.9 Å². The molecule has 0 unspecified atom stereocenters. The minimum absolute atomic E-state index is 0.0228. The molecule has 106 valence electrons. The van der Waals surface area contributed by atoms with E-state index in [1.54, 1.807) is 20.8 Å². The second-order valence-corrected chi connectivity index (χ2v) is 5.36. The minimum Gasteiger partial charge on any atom is -0.444 e. The van der Waals surface area contributed by atoms with Crippen LogP contribution in [0.5, 0.6) is 0 Å². The Hall–Kier alpha value is -0.880. The van der Waals surface area contributed by atoms with Crippen LogP contribution in [0.2, 0.25) is 0 Å². The molecular weight excluding hydrogens is 241 g/mol. The van der Waals surface area contributed by atoms with Gasteiger partial charge in [0, 0.05) is 6.54 Å². The predicted octanol–water partition coefficient (Wildman–Crippen LogP) is 1.34. The molecule has 0 aromatic carbocycles. The molecular formula is C12H22FNO4. The van der Waals surface area contributed by atoms with Gasteiger partial charge in [0.1, 0.15) is 11.8 Å². The largest absolute Gasteiger partial charge is 0.444 e. The van der Waals surface area contributed by atoms with Crippen molar-refractivity contribution in [3.05, 3.63) is 0 Å². The van der Waals surface area contributed by atoms with Crippen LogP contribution < -0.4 is 0 Å². The molecule has 0 aromatic rings. The third-order valence-corrected chi connectivity index (χ3v) is 2.56. The van der Waals surface area contributed by atoms with Crippen LogP contribution in [0.1, 0.15) is 27.2 Å². The van der Waals surface area contributed by atoms with E-state index in [0.29, 0.717) is 13.0 Å². The Morgan fingerprint density at radius 3 is 2.67 bits per heavy atom. The van der Waals surface area contributed by atoms with E-state index < -0.39 is 24.0 Å². The number of piperidine rings is 1. The summed E-state index contributed by atoms with van der Waals surface area (Å²) in [5, 5.41) is 8.62. The first-order valence-electron chi connectivity index (χ1n) is 6.18. The van der Waals surface area contributed by atoms with E-state index in [1.165, 1.54) is 4.90 Å². The Bertz CT molecular complexity index is 280. The molecule has 5 nitrogen and oxygen atoms in total. The molecule has 2 atom stereocenters. The van der Waals surface area contributed by atoms with E-state index in [2.05, 4.69) is 0 Å². The number of carbonyl (C=O) groups excluding carboxylic acids is 1. The van der Waals surface area contributed by atoms with Crippen molar-refractivity contribution in [2.24, 2.45) is 0 Å². The van der Waals surface area contributed by atoms with Gasteiger partial charge in [-0.2, -0.15) is 0 Å². The summed E-state index contributed by atoms with van der Waals surface area (Å²) in [7, 11) is 0. The lowest BCUT2D eigenvalue weighted by atomic mass is 10.1. The SMILES string of the molecule is CC(C)(C)OC(=O)N1CC[C@@H](OCCO)[C@@H](F)C1. The third kappa shape index (κ3) is 4.78. The molecule has 0 aliphatic carbocycles. The lowest BCUT2D eigenvalue weighted by Crippen LogP contribution is -2.49. The highest BCUT2D eigenvalue weighted by Gasteiger charge is 2.33. The number of hydrogen-bond acceptors (Lipinski definition) is 4. The van der Waals surface area contributed by atoms with Gasteiger partial charge in [0.2, 0.25) is 0 Å². The fourth-order valence-corrected chi connectivity index (χ4v) is 1.77. The number of alkyl halides is 1. The van der Waals surface area contributed by atoms with Crippen LogP contribution in [-0.2, 0) is 9.47 Å². The summed E-state index contributed by atoms with van der Waals surface area (Å²) in [6.07, 6.45) is -1.86. The smallest absolute Gasteiger partial charge is 0.410 e. The Morgan fingerprint density at radius 2 is 2.17 bits per heavy atom. The quantitative estimate of drug-likeness (QED) is 0.835. The molecule has 6 heteroatoms. The molecule has 0 spiro atoms. The highest BCUT2D eigenvalue weighted by molar-refractivity contribution is 5.68. The fraction of sp³-hybridized carbons (Fsp3) is 0.917. The number of carbonyl (C=O) groups is 1. The van der Waals surface area contributed by atoms with Crippen LogP contribution in [0.15, 0.2) is 0 Å². The van der Waals surface area contributed by atoms with Gasteiger partial charge in [-0.1, -0.05) is 0 Å². The molecule has 18 heavy (non-hydrogen) atoms. The molecule has 1 amide bonds. The van der Waals surface area contributed by atoms with Gasteiger partial charge in [-0.15, -0.1) is 0 Å². The zero-order chi connectivity index (χ0) is 13.8. The van der Waals surface area contributed by atoms with Crippen molar-refractivity contribution >= 4 is 6.09 Å². The standard InChI is InChI=1S/C12H22FNO4/c1-12(2,3)18-11(16)14-5-4-10(9(13)8-14)17-7-6-15/h9-10,15H,4-8H2,1-3H3/t9-,10+/m0/s1. The number of hydrogen-bond donors (Lipinski definition) is 1. The summed E-state index contributed by atoms with van der Waals surface area (Å²) >= 11 is 0. The maximum atomic E-state index is 13.8. The normalized spacial score (nSPS) is 25.1. The maximum absolute atomic E-state index is 13.8. The molecule has 1 fully saturated rings. The third-order valence-electron chi connectivity index (χ3n) is 2.56. The van der Waals surface area contributed by atoms with Crippen LogP contribution in [0.3, 0.4) is 0 Å². The molecule has 1 aliphatic rings. The zero-order valence-electron chi connectivity index (χ0n) is 11.2. The van der Waals surface area contributed by atoms with E-state index in [0.717, 1.165) is 0 Å². The second kappa shape index (κ2) is 6.33. The van der Waals surface area contributed by atoms with Gasteiger partial charge >= 0.3 is 6.09 Å². The van der Waals surface area contributed by atoms with Gasteiger partial charge in [-0.05, 0) is 27.2 Å². The van der Waals surface area contributed by atoms with Crippen molar-refractivity contribution in [1.82, 2.24) is 4.90 Å². The fourth-order valence-electron chi connectivity index (χ4n) is 1.77. The minimum atomic E-state index is -1.24. The number of ether oxygens (including phenoxy) is 2. The molecule has 1 aliphatic heterocycles. The summed E-state index contributed by atoms with van der Waals surface area (Å²) in [4.78, 5) is 13.1. The molecule has 0 bridgehead atoms. The highest BCUT2D eigenvalue weighted by atomic mass is 19.1. The first-order valence-corrected chi connectivity index (χ1v) is 6.18. The topological polar surface area (TPSA) is 59.0 Å². The van der Waals surface area contributed by atoms with Crippen LogP contribution in [-0.4, -0.2) is 60.3 Å². The number of halogens is 1. The van der Waals surface area contributed by atoms with Gasteiger partial charge in [-0.3, -0.25) is 0 Å². The first-order chi connectivity index (χ1) is 8.33. The van der Waals surface area contributed by atoms with Gasteiger partial charge in [0.25, 0.3) is 0 Å². The number of amides is 1. The van der Waals surface area contributed by atoms with Crippen molar-refractivity contribution < 1.29 is 23.8 Å². The van der Waals surface area contributed by atoms with Crippen LogP contribution in [0.4, 0.5) is 9.18 Å². The van der Waals surface area contributed by atoms with Crippen molar-refractivity contribution in [1.29, 1.82) is 0 Å². The number of aliphatic hydroxyl groups is 1. The molecule has 0 radical (unpaired) electrons. The second-order valence-electron chi connectivity index (χ2n) is 5.36. The monoisotopic (exact) mass is 263 g/mol. The predicted molar refractivity (Wildman–Crippen MR) is 64.1 cm³/mol. The van der Waals surface area contributed by atoms with E-state index >= 15 is 0 Å². The lowest BCUT2D eigenvalue weighted by Gasteiger charge is -2.35. The van der Waals surface area contributed by atoms with Crippen molar-refractivity contribution in [2.75, 3.05) is 26.3 Å². The van der Waals surface area contributed by atoms with Gasteiger partial charge in [-0.25, -0.2) is 9.18 Å². The Balaban J connectivity index is 2.43. The number of rotatable bonds is 3. The maximum Gasteiger partial charge on any atom is 0.410 e. The molecule has 1 rings (SSSR count). The van der Waals surface area contributed by atoms with Crippen LogP contribution in [0, 0.1) is 0 Å². The zero-order valence-corrected chi connectivity index (χ0v) is 11.2. The van der Waals surface area contributed by atoms with E-state index in [-0.39, 0.29) is 19.8 Å². The molecule has 1 heterocycles. The molecule has 0 saturated carbocycles. The molecule has 1 saturated heterocycles. The summed E-state index contributed by atoms with van der Waals surface area (Å²) in [6.45, 7) is 5.70. The van der Waals surface area contributed by atoms with Crippen molar-refractivity contribution in [3.63, 3.8) is 0 Å². The number of nitrogens with zero attached hydrogens (tertiary/aromatic N) is 1. The number of likely N-dealkylation sites (tertiary alicyclic amines) is 1. The number of aliphatic hydroxyl groups excluding tert-OH is 1. The van der Waals surface area contributed by atoms with Gasteiger partial charge in [0.15, 0.2) is 0 Å². The Labute approximate surface area is 107 Å². The van der Waals surface area contributed by atoms with E-state index in [1.807, 2.05) is 0 Å². The Kier molecular flexibility index (Phi) is 5.34. The van der Waals surface area contributed by atoms with E-state index in [4.69, 9.17) is 14.6 Å². The highest BCUT2D eigenvalue weighted by Crippen LogP contribution is 2.19.